The van der Waals surface area contributed by atoms with E-state index < -0.39 is 10.4 Å². The topological polar surface area (TPSA) is 74.6 Å². The molecule has 0 rings (SSSR count). The normalized spacial score (nSPS) is 8.29. The molecule has 0 aromatic heterocycles. The van der Waals surface area contributed by atoms with Crippen LogP contribution in [0.5, 0.6) is 0 Å². The fourth-order valence-corrected chi connectivity index (χ4v) is 0. The first-order valence-electron chi connectivity index (χ1n) is 0.698. The molecule has 2 N–H and O–H groups in total. The van der Waals surface area contributed by atoms with E-state index in [-0.39, 0.29) is 59.1 Å². The molecule has 0 saturated carbocycles. The molecule has 7 heteroatoms. The molecule has 0 heterocycles. The van der Waals surface area contributed by atoms with E-state index in [1.165, 1.54) is 0 Å². The maximum Gasteiger partial charge on any atom is 0.394 e. The molecule has 0 aliphatic carbocycles. The minimum atomic E-state index is -4.67. The van der Waals surface area contributed by atoms with E-state index >= 15 is 0 Å². The maximum absolute atomic E-state index is 8.74. The van der Waals surface area contributed by atoms with E-state index in [2.05, 4.69) is 0 Å². The van der Waals surface area contributed by atoms with Crippen molar-refractivity contribution in [1.29, 1.82) is 0 Å². The fourth-order valence-electron chi connectivity index (χ4n) is 0. The SMILES string of the molecule is O=S(=O)(O)O.[Na].[Na]. The van der Waals surface area contributed by atoms with E-state index in [4.69, 9.17) is 17.5 Å². The molecule has 2 radical (unpaired) electrons. The van der Waals surface area contributed by atoms with Crippen LogP contribution in [0.4, 0.5) is 0 Å². The molecule has 0 saturated heterocycles. The molecule has 0 fully saturated rings. The second-order valence-corrected chi connectivity index (χ2v) is 1.34. The van der Waals surface area contributed by atoms with Gasteiger partial charge < -0.3 is 0 Å². The van der Waals surface area contributed by atoms with E-state index in [1.807, 2.05) is 0 Å². The van der Waals surface area contributed by atoms with Crippen molar-refractivity contribution in [2.75, 3.05) is 0 Å². The van der Waals surface area contributed by atoms with Crippen molar-refractivity contribution < 1.29 is 17.5 Å². The molecule has 34 valence electrons. The zero-order valence-electron chi connectivity index (χ0n) is 4.12. The predicted molar refractivity (Wildman–Crippen MR) is 25.7 cm³/mol. The van der Waals surface area contributed by atoms with Crippen molar-refractivity contribution in [1.82, 2.24) is 0 Å². The van der Waals surface area contributed by atoms with Crippen LogP contribution in [0.15, 0.2) is 0 Å². The molecular formula is H2Na2O4S. The summed E-state index contributed by atoms with van der Waals surface area (Å²) in [4.78, 5) is 0. The van der Waals surface area contributed by atoms with Crippen molar-refractivity contribution in [3.8, 4) is 0 Å². The van der Waals surface area contributed by atoms with Crippen molar-refractivity contribution in [3.05, 3.63) is 0 Å². The summed E-state index contributed by atoms with van der Waals surface area (Å²) in [5.74, 6) is 0. The Morgan fingerprint density at radius 2 is 1.00 bits per heavy atom. The van der Waals surface area contributed by atoms with Crippen molar-refractivity contribution in [3.63, 3.8) is 0 Å². The van der Waals surface area contributed by atoms with Gasteiger partial charge in [0.25, 0.3) is 0 Å². The molecule has 4 nitrogen and oxygen atoms in total. The molecule has 0 aromatic carbocycles. The Morgan fingerprint density at radius 1 is 1.00 bits per heavy atom. The van der Waals surface area contributed by atoms with Gasteiger partial charge in [-0.15, -0.1) is 0 Å². The van der Waals surface area contributed by atoms with Gasteiger partial charge in [0, 0.05) is 59.1 Å². The summed E-state index contributed by atoms with van der Waals surface area (Å²) in [5.41, 5.74) is 0. The zero-order valence-corrected chi connectivity index (χ0v) is 8.94. The number of hydrogen-bond acceptors (Lipinski definition) is 2. The molecular weight excluding hydrogens is 142 g/mol. The van der Waals surface area contributed by atoms with Gasteiger partial charge in [-0.2, -0.15) is 8.42 Å². The van der Waals surface area contributed by atoms with Crippen molar-refractivity contribution in [2.45, 2.75) is 0 Å². The minimum absolute atomic E-state index is 0. The van der Waals surface area contributed by atoms with Crippen LogP contribution in [0.1, 0.15) is 0 Å². The predicted octanol–water partition coefficient (Wildman–Crippen LogP) is -1.41. The molecule has 0 amide bonds. The average Bonchev–Trinajstić information content (AvgIpc) is 0.722. The van der Waals surface area contributed by atoms with Gasteiger partial charge in [0.05, 0.1) is 0 Å². The molecule has 7 heavy (non-hydrogen) atoms. The quantitative estimate of drug-likeness (QED) is 0.323. The minimum Gasteiger partial charge on any atom is -0.264 e. The van der Waals surface area contributed by atoms with Crippen LogP contribution in [-0.2, 0) is 10.4 Å². The van der Waals surface area contributed by atoms with Crippen molar-refractivity contribution >= 4 is 69.5 Å². The van der Waals surface area contributed by atoms with Gasteiger partial charge >= 0.3 is 10.4 Å². The van der Waals surface area contributed by atoms with Gasteiger partial charge in [-0.05, 0) is 0 Å². The van der Waals surface area contributed by atoms with Crippen molar-refractivity contribution in [2.24, 2.45) is 0 Å². The Kier molecular flexibility index (Phi) is 13.7. The Bertz CT molecular complexity index is 92.9. The van der Waals surface area contributed by atoms with Crippen LogP contribution in [0.25, 0.3) is 0 Å². The maximum atomic E-state index is 8.74. The van der Waals surface area contributed by atoms with Gasteiger partial charge in [0.2, 0.25) is 0 Å². The Morgan fingerprint density at radius 3 is 1.00 bits per heavy atom. The van der Waals surface area contributed by atoms with Crippen LogP contribution < -0.4 is 0 Å². The van der Waals surface area contributed by atoms with E-state index in [9.17, 15) is 0 Å². The van der Waals surface area contributed by atoms with Crippen LogP contribution in [0, 0.1) is 0 Å². The Labute approximate surface area is 85.8 Å². The Hall–Kier alpha value is 1.87. The largest absolute Gasteiger partial charge is 0.394 e. The number of hydrogen-bond donors (Lipinski definition) is 2. The Balaban J connectivity index is -0.0000000800. The summed E-state index contributed by atoms with van der Waals surface area (Å²) >= 11 is 0. The van der Waals surface area contributed by atoms with E-state index in [0.29, 0.717) is 0 Å². The molecule has 0 aliphatic heterocycles. The summed E-state index contributed by atoms with van der Waals surface area (Å²) in [5, 5.41) is 0. The summed E-state index contributed by atoms with van der Waals surface area (Å²) in [7, 11) is -4.67. The van der Waals surface area contributed by atoms with Gasteiger partial charge in [-0.3, -0.25) is 9.11 Å². The monoisotopic (exact) mass is 144 g/mol. The standard InChI is InChI=1S/2Na.H2O4S/c;;1-5(2,3)4/h;;(H2,1,2,3,4). The first-order valence-corrected chi connectivity index (χ1v) is 2.10. The second kappa shape index (κ2) is 6.00. The molecule has 0 unspecified atom stereocenters. The summed E-state index contributed by atoms with van der Waals surface area (Å²) in [6.07, 6.45) is 0. The van der Waals surface area contributed by atoms with Gasteiger partial charge in [-0.25, -0.2) is 0 Å². The summed E-state index contributed by atoms with van der Waals surface area (Å²) in [6.45, 7) is 0. The zero-order chi connectivity index (χ0) is 4.50. The van der Waals surface area contributed by atoms with E-state index in [1.54, 1.807) is 0 Å². The number of rotatable bonds is 0. The molecule has 0 bridgehead atoms. The molecule has 0 aliphatic rings. The van der Waals surface area contributed by atoms with Gasteiger partial charge in [0.15, 0.2) is 0 Å². The smallest absolute Gasteiger partial charge is 0.264 e. The summed E-state index contributed by atoms with van der Waals surface area (Å²) in [6, 6.07) is 0. The molecule has 0 atom stereocenters. The first kappa shape index (κ1) is 15.9. The van der Waals surface area contributed by atoms with E-state index in [0.717, 1.165) is 0 Å². The molecule has 0 aromatic rings. The van der Waals surface area contributed by atoms with Crippen LogP contribution in [0.3, 0.4) is 0 Å². The third-order valence-corrected chi connectivity index (χ3v) is 0. The van der Waals surface area contributed by atoms with Crippen LogP contribution >= 0.6 is 0 Å². The van der Waals surface area contributed by atoms with Gasteiger partial charge in [-0.1, -0.05) is 0 Å². The fraction of sp³-hybridized carbons (Fsp3) is 0. The van der Waals surface area contributed by atoms with Crippen LogP contribution in [-0.4, -0.2) is 76.6 Å². The third-order valence-electron chi connectivity index (χ3n) is 0. The van der Waals surface area contributed by atoms with Crippen LogP contribution in [0.2, 0.25) is 0 Å². The summed E-state index contributed by atoms with van der Waals surface area (Å²) < 4.78 is 31.6. The second-order valence-electron chi connectivity index (χ2n) is 0.448. The van der Waals surface area contributed by atoms with Gasteiger partial charge in [0.1, 0.15) is 0 Å². The third kappa shape index (κ3) is 77.5. The average molecular weight is 144 g/mol. The molecule has 0 spiro atoms. The first-order chi connectivity index (χ1) is 2.00.